The van der Waals surface area contributed by atoms with Crippen LogP contribution in [0.3, 0.4) is 0 Å². The van der Waals surface area contributed by atoms with E-state index < -0.39 is 0 Å². The Labute approximate surface area is 190 Å². The molecule has 0 N–H and O–H groups in total. The monoisotopic (exact) mass is 436 g/mol. The Balaban J connectivity index is 1.18. The molecule has 1 spiro atoms. The van der Waals surface area contributed by atoms with Crippen molar-refractivity contribution < 1.29 is 19.0 Å². The molecule has 1 atom stereocenters. The van der Waals surface area contributed by atoms with Gasteiger partial charge in [0, 0.05) is 44.7 Å². The minimum absolute atomic E-state index is 0.0777. The molecule has 2 aromatic rings. The van der Waals surface area contributed by atoms with Crippen LogP contribution in [0.25, 0.3) is 0 Å². The Kier molecular flexibility index (Phi) is 6.44. The summed E-state index contributed by atoms with van der Waals surface area (Å²) >= 11 is 0. The predicted octanol–water partition coefficient (Wildman–Crippen LogP) is 3.36. The fourth-order valence-corrected chi connectivity index (χ4v) is 5.07. The van der Waals surface area contributed by atoms with Gasteiger partial charge in [-0.2, -0.15) is 0 Å². The molecular formula is C26H32N2O4. The van der Waals surface area contributed by atoms with Gasteiger partial charge in [-0.25, -0.2) is 0 Å². The lowest BCUT2D eigenvalue weighted by atomic mass is 9.87. The second kappa shape index (κ2) is 9.61. The number of hydrogen-bond donors (Lipinski definition) is 0. The van der Waals surface area contributed by atoms with Gasteiger partial charge < -0.3 is 19.1 Å². The van der Waals surface area contributed by atoms with Gasteiger partial charge in [0.25, 0.3) is 5.91 Å². The van der Waals surface area contributed by atoms with Crippen molar-refractivity contribution in [1.29, 1.82) is 0 Å². The van der Waals surface area contributed by atoms with Gasteiger partial charge in [-0.1, -0.05) is 36.4 Å². The molecule has 3 aliphatic heterocycles. The predicted molar refractivity (Wildman–Crippen MR) is 122 cm³/mol. The van der Waals surface area contributed by atoms with Crippen molar-refractivity contribution in [2.45, 2.75) is 37.5 Å². The second-order valence-electron chi connectivity index (χ2n) is 9.09. The average Bonchev–Trinajstić information content (AvgIpc) is 3.22. The van der Waals surface area contributed by atoms with Gasteiger partial charge in [-0.05, 0) is 36.6 Å². The molecule has 0 aliphatic carbocycles. The highest BCUT2D eigenvalue weighted by Gasteiger charge is 2.44. The van der Waals surface area contributed by atoms with Crippen LogP contribution < -0.4 is 4.74 Å². The molecule has 3 aliphatic rings. The van der Waals surface area contributed by atoms with Crippen molar-refractivity contribution in [2.75, 3.05) is 46.0 Å². The Morgan fingerprint density at radius 3 is 2.47 bits per heavy atom. The maximum absolute atomic E-state index is 13.4. The lowest BCUT2D eigenvalue weighted by Crippen LogP contribution is -2.47. The van der Waals surface area contributed by atoms with Crippen LogP contribution in [-0.4, -0.2) is 73.4 Å². The summed E-state index contributed by atoms with van der Waals surface area (Å²) in [7, 11) is 0. The minimum atomic E-state index is -0.163. The fourth-order valence-electron chi connectivity index (χ4n) is 5.07. The number of nitrogens with zero attached hydrogens (tertiary/aromatic N) is 2. The molecule has 1 amide bonds. The molecule has 2 aromatic carbocycles. The zero-order valence-corrected chi connectivity index (χ0v) is 18.6. The maximum atomic E-state index is 13.4. The van der Waals surface area contributed by atoms with E-state index in [4.69, 9.17) is 14.2 Å². The topological polar surface area (TPSA) is 51.2 Å². The molecule has 6 heteroatoms. The van der Waals surface area contributed by atoms with E-state index in [-0.39, 0.29) is 17.6 Å². The standard InChI is InChI=1S/C26H32N2O4/c29-25(24-9-5-4-6-21(24)19-27-14-16-30-17-15-27)28-12-10-26(11-13-28)18-23(20-31-26)32-22-7-2-1-3-8-22/h1-9,23H,10-20H2/t23-/m0/s1. The number of hydrogen-bond acceptors (Lipinski definition) is 5. The molecule has 32 heavy (non-hydrogen) atoms. The minimum Gasteiger partial charge on any atom is -0.488 e. The van der Waals surface area contributed by atoms with Crippen LogP contribution in [0.5, 0.6) is 5.75 Å². The van der Waals surface area contributed by atoms with E-state index in [1.165, 1.54) is 0 Å². The Morgan fingerprint density at radius 2 is 1.69 bits per heavy atom. The third-order valence-electron chi connectivity index (χ3n) is 6.93. The van der Waals surface area contributed by atoms with Gasteiger partial charge in [-0.15, -0.1) is 0 Å². The zero-order chi connectivity index (χ0) is 21.8. The Morgan fingerprint density at radius 1 is 0.969 bits per heavy atom. The molecule has 3 fully saturated rings. The smallest absolute Gasteiger partial charge is 0.254 e. The summed E-state index contributed by atoms with van der Waals surface area (Å²) in [6, 6.07) is 18.0. The van der Waals surface area contributed by atoms with Crippen molar-refractivity contribution in [3.8, 4) is 5.75 Å². The van der Waals surface area contributed by atoms with Gasteiger partial charge in [0.1, 0.15) is 11.9 Å². The summed E-state index contributed by atoms with van der Waals surface area (Å²) < 4.78 is 17.8. The molecule has 0 saturated carbocycles. The Hall–Kier alpha value is -2.41. The third-order valence-corrected chi connectivity index (χ3v) is 6.93. The first kappa shape index (κ1) is 21.4. The lowest BCUT2D eigenvalue weighted by molar-refractivity contribution is -0.0396. The molecule has 3 heterocycles. The number of amides is 1. The van der Waals surface area contributed by atoms with E-state index in [0.717, 1.165) is 82.1 Å². The summed E-state index contributed by atoms with van der Waals surface area (Å²) in [5, 5.41) is 0. The van der Waals surface area contributed by atoms with Crippen molar-refractivity contribution in [2.24, 2.45) is 0 Å². The highest BCUT2D eigenvalue weighted by Crippen LogP contribution is 2.37. The second-order valence-corrected chi connectivity index (χ2v) is 9.09. The zero-order valence-electron chi connectivity index (χ0n) is 18.6. The molecule has 0 aromatic heterocycles. The van der Waals surface area contributed by atoms with Crippen LogP contribution in [-0.2, 0) is 16.0 Å². The van der Waals surface area contributed by atoms with Crippen LogP contribution in [0.4, 0.5) is 0 Å². The summed E-state index contributed by atoms with van der Waals surface area (Å²) in [6.07, 6.45) is 2.68. The molecule has 3 saturated heterocycles. The van der Waals surface area contributed by atoms with Crippen LogP contribution in [0, 0.1) is 0 Å². The molecule has 0 bridgehead atoms. The first-order valence-electron chi connectivity index (χ1n) is 11.7. The van der Waals surface area contributed by atoms with Gasteiger partial charge >= 0.3 is 0 Å². The van der Waals surface area contributed by atoms with Crippen molar-refractivity contribution in [1.82, 2.24) is 9.80 Å². The number of rotatable bonds is 5. The van der Waals surface area contributed by atoms with Gasteiger partial charge in [0.15, 0.2) is 0 Å². The summed E-state index contributed by atoms with van der Waals surface area (Å²) in [5.41, 5.74) is 1.77. The van der Waals surface area contributed by atoms with E-state index >= 15 is 0 Å². The summed E-state index contributed by atoms with van der Waals surface area (Å²) in [4.78, 5) is 17.7. The lowest BCUT2D eigenvalue weighted by Gasteiger charge is -2.39. The van der Waals surface area contributed by atoms with E-state index in [0.29, 0.717) is 6.61 Å². The van der Waals surface area contributed by atoms with Crippen LogP contribution in [0.1, 0.15) is 35.2 Å². The number of ether oxygens (including phenoxy) is 3. The highest BCUT2D eigenvalue weighted by atomic mass is 16.6. The van der Waals surface area contributed by atoms with E-state index in [1.807, 2.05) is 53.4 Å². The van der Waals surface area contributed by atoms with E-state index in [9.17, 15) is 4.79 Å². The molecule has 0 radical (unpaired) electrons. The number of morpholine rings is 1. The van der Waals surface area contributed by atoms with Crippen molar-refractivity contribution in [3.05, 3.63) is 65.7 Å². The van der Waals surface area contributed by atoms with Crippen LogP contribution >= 0.6 is 0 Å². The molecular weight excluding hydrogens is 404 g/mol. The largest absolute Gasteiger partial charge is 0.488 e. The number of likely N-dealkylation sites (tertiary alicyclic amines) is 1. The maximum Gasteiger partial charge on any atom is 0.254 e. The van der Waals surface area contributed by atoms with Crippen molar-refractivity contribution in [3.63, 3.8) is 0 Å². The number of piperidine rings is 1. The number of benzene rings is 2. The third kappa shape index (κ3) is 4.82. The summed E-state index contributed by atoms with van der Waals surface area (Å²) in [5.74, 6) is 1.03. The number of para-hydroxylation sites is 1. The van der Waals surface area contributed by atoms with Gasteiger partial charge in [-0.3, -0.25) is 9.69 Å². The van der Waals surface area contributed by atoms with Crippen LogP contribution in [0.15, 0.2) is 54.6 Å². The SMILES string of the molecule is O=C(c1ccccc1CN1CCOCC1)N1CCC2(CC1)C[C@H](Oc1ccccc1)CO2. The Bertz CT molecular complexity index is 905. The number of carbonyl (C=O) groups is 1. The molecule has 6 nitrogen and oxygen atoms in total. The first-order chi connectivity index (χ1) is 15.7. The first-order valence-corrected chi connectivity index (χ1v) is 11.7. The van der Waals surface area contributed by atoms with Gasteiger partial charge in [0.05, 0.1) is 25.4 Å². The average molecular weight is 437 g/mol. The van der Waals surface area contributed by atoms with Gasteiger partial charge in [0.2, 0.25) is 0 Å². The van der Waals surface area contributed by atoms with E-state index in [1.54, 1.807) is 0 Å². The normalized spacial score (nSPS) is 23.4. The molecule has 0 unspecified atom stereocenters. The molecule has 5 rings (SSSR count). The van der Waals surface area contributed by atoms with Crippen molar-refractivity contribution >= 4 is 5.91 Å². The molecule has 170 valence electrons. The fraction of sp³-hybridized carbons (Fsp3) is 0.500. The highest BCUT2D eigenvalue weighted by molar-refractivity contribution is 5.95. The van der Waals surface area contributed by atoms with E-state index in [2.05, 4.69) is 11.0 Å². The quantitative estimate of drug-likeness (QED) is 0.720. The number of carbonyl (C=O) groups excluding carboxylic acids is 1. The summed E-state index contributed by atoms with van der Waals surface area (Å²) in [6.45, 7) is 6.22. The van der Waals surface area contributed by atoms with Crippen LogP contribution in [0.2, 0.25) is 0 Å².